The second-order valence-corrected chi connectivity index (χ2v) is 3.02. The van der Waals surface area contributed by atoms with E-state index in [1.165, 1.54) is 5.56 Å². The van der Waals surface area contributed by atoms with E-state index in [0.717, 1.165) is 5.56 Å². The Hall–Kier alpha value is -1.33. The van der Waals surface area contributed by atoms with Crippen LogP contribution in [0.5, 0.6) is 0 Å². The van der Waals surface area contributed by atoms with Crippen molar-refractivity contribution in [3.8, 4) is 6.07 Å². The van der Waals surface area contributed by atoms with Gasteiger partial charge in [-0.05, 0) is 12.5 Å². The minimum atomic E-state index is -0.215. The molecule has 60 valence electrons. The molecular formula is C10H9NO. The molecule has 0 aliphatic carbocycles. The number of epoxide rings is 1. The van der Waals surface area contributed by atoms with Gasteiger partial charge < -0.3 is 4.74 Å². The van der Waals surface area contributed by atoms with Gasteiger partial charge in [-0.15, -0.1) is 0 Å². The molecule has 2 rings (SSSR count). The lowest BCUT2D eigenvalue weighted by Gasteiger charge is -1.94. The van der Waals surface area contributed by atoms with Crippen molar-refractivity contribution in [2.75, 3.05) is 0 Å². The molecule has 1 fully saturated rings. The first-order valence-corrected chi connectivity index (χ1v) is 3.93. The molecule has 1 saturated heterocycles. The maximum atomic E-state index is 8.52. The van der Waals surface area contributed by atoms with Crippen molar-refractivity contribution in [2.24, 2.45) is 0 Å². The Morgan fingerprint density at radius 1 is 1.33 bits per heavy atom. The molecule has 0 amide bonds. The fourth-order valence-electron chi connectivity index (χ4n) is 1.22. The molecule has 1 aromatic carbocycles. The molecule has 2 heteroatoms. The van der Waals surface area contributed by atoms with Gasteiger partial charge >= 0.3 is 0 Å². The SMILES string of the molecule is Cc1ccc([C@@H]2O[C@@H]2C#N)cc1. The average Bonchev–Trinajstić information content (AvgIpc) is 2.85. The number of benzene rings is 1. The average molecular weight is 159 g/mol. The summed E-state index contributed by atoms with van der Waals surface area (Å²) in [6, 6.07) is 10.2. The second kappa shape index (κ2) is 2.62. The van der Waals surface area contributed by atoms with E-state index in [-0.39, 0.29) is 12.2 Å². The fraction of sp³-hybridized carbons (Fsp3) is 0.300. The third-order valence-corrected chi connectivity index (χ3v) is 2.02. The number of nitrogens with zero attached hydrogens (tertiary/aromatic N) is 1. The molecule has 0 saturated carbocycles. The molecular weight excluding hydrogens is 150 g/mol. The molecule has 12 heavy (non-hydrogen) atoms. The highest BCUT2D eigenvalue weighted by atomic mass is 16.6. The first-order chi connectivity index (χ1) is 5.81. The zero-order valence-electron chi connectivity index (χ0n) is 6.82. The molecule has 1 aliphatic heterocycles. The van der Waals surface area contributed by atoms with Crippen LogP contribution in [0.25, 0.3) is 0 Å². The molecule has 1 aromatic rings. The maximum Gasteiger partial charge on any atom is 0.175 e. The Balaban J connectivity index is 2.17. The van der Waals surface area contributed by atoms with Crippen LogP contribution < -0.4 is 0 Å². The van der Waals surface area contributed by atoms with Gasteiger partial charge in [-0.25, -0.2) is 0 Å². The van der Waals surface area contributed by atoms with Gasteiger partial charge in [0.15, 0.2) is 6.10 Å². The van der Waals surface area contributed by atoms with Gasteiger partial charge in [0.1, 0.15) is 6.10 Å². The number of rotatable bonds is 1. The van der Waals surface area contributed by atoms with Crippen LogP contribution >= 0.6 is 0 Å². The van der Waals surface area contributed by atoms with E-state index in [9.17, 15) is 0 Å². The van der Waals surface area contributed by atoms with E-state index in [2.05, 4.69) is 6.07 Å². The first-order valence-electron chi connectivity index (χ1n) is 3.93. The Kier molecular flexibility index (Phi) is 1.60. The van der Waals surface area contributed by atoms with Gasteiger partial charge in [0.25, 0.3) is 0 Å². The molecule has 0 N–H and O–H groups in total. The van der Waals surface area contributed by atoms with Crippen molar-refractivity contribution in [1.82, 2.24) is 0 Å². The standard InChI is InChI=1S/C10H9NO/c1-7-2-4-8(5-3-7)10-9(6-11)12-10/h2-5,9-10H,1H3/t9-,10+/m1/s1. The van der Waals surface area contributed by atoms with Crippen molar-refractivity contribution in [3.05, 3.63) is 35.4 Å². The molecule has 0 bridgehead atoms. The Bertz CT molecular complexity index is 323. The molecule has 1 heterocycles. The van der Waals surface area contributed by atoms with Crippen molar-refractivity contribution in [1.29, 1.82) is 5.26 Å². The van der Waals surface area contributed by atoms with Crippen molar-refractivity contribution in [3.63, 3.8) is 0 Å². The van der Waals surface area contributed by atoms with Gasteiger partial charge in [-0.1, -0.05) is 29.8 Å². The molecule has 0 aromatic heterocycles. The predicted octanol–water partition coefficient (Wildman–Crippen LogP) is 1.96. The second-order valence-electron chi connectivity index (χ2n) is 3.02. The number of aryl methyl sites for hydroxylation is 1. The highest BCUT2D eigenvalue weighted by Crippen LogP contribution is 2.37. The van der Waals surface area contributed by atoms with Gasteiger partial charge in [0.2, 0.25) is 0 Å². The van der Waals surface area contributed by atoms with Crippen LogP contribution in [0.4, 0.5) is 0 Å². The third-order valence-electron chi connectivity index (χ3n) is 2.02. The lowest BCUT2D eigenvalue weighted by Crippen LogP contribution is -1.84. The summed E-state index contributed by atoms with van der Waals surface area (Å²) in [7, 11) is 0. The lowest BCUT2D eigenvalue weighted by atomic mass is 10.1. The molecule has 0 unspecified atom stereocenters. The molecule has 2 atom stereocenters. The number of hydrogen-bond acceptors (Lipinski definition) is 2. The number of ether oxygens (including phenoxy) is 1. The van der Waals surface area contributed by atoms with E-state index in [1.807, 2.05) is 31.2 Å². The van der Waals surface area contributed by atoms with E-state index < -0.39 is 0 Å². The summed E-state index contributed by atoms with van der Waals surface area (Å²) in [4.78, 5) is 0. The predicted molar refractivity (Wildman–Crippen MR) is 44.4 cm³/mol. The topological polar surface area (TPSA) is 36.3 Å². The number of hydrogen-bond donors (Lipinski definition) is 0. The summed E-state index contributed by atoms with van der Waals surface area (Å²) in [6.45, 7) is 2.04. The molecule has 2 nitrogen and oxygen atoms in total. The van der Waals surface area contributed by atoms with Crippen LogP contribution in [-0.2, 0) is 4.74 Å². The summed E-state index contributed by atoms with van der Waals surface area (Å²) < 4.78 is 5.13. The summed E-state index contributed by atoms with van der Waals surface area (Å²) in [6.07, 6.45) is -0.191. The molecule has 0 radical (unpaired) electrons. The highest BCUT2D eigenvalue weighted by molar-refractivity contribution is 5.28. The van der Waals surface area contributed by atoms with E-state index >= 15 is 0 Å². The minimum absolute atomic E-state index is 0.0237. The normalized spacial score (nSPS) is 26.3. The smallest absolute Gasteiger partial charge is 0.175 e. The van der Waals surface area contributed by atoms with E-state index in [0.29, 0.717) is 0 Å². The summed E-state index contributed by atoms with van der Waals surface area (Å²) in [5.74, 6) is 0. The first kappa shape index (κ1) is 7.33. The zero-order chi connectivity index (χ0) is 8.55. The Morgan fingerprint density at radius 3 is 2.50 bits per heavy atom. The Labute approximate surface area is 71.4 Å². The maximum absolute atomic E-state index is 8.52. The quantitative estimate of drug-likeness (QED) is 0.587. The zero-order valence-corrected chi connectivity index (χ0v) is 6.82. The monoisotopic (exact) mass is 159 g/mol. The number of nitriles is 1. The van der Waals surface area contributed by atoms with Crippen LogP contribution in [0.2, 0.25) is 0 Å². The highest BCUT2D eigenvalue weighted by Gasteiger charge is 2.40. The summed E-state index contributed by atoms with van der Waals surface area (Å²) in [5.41, 5.74) is 2.33. The third kappa shape index (κ3) is 1.19. The van der Waals surface area contributed by atoms with Crippen LogP contribution in [0.1, 0.15) is 17.2 Å². The van der Waals surface area contributed by atoms with Gasteiger partial charge in [0, 0.05) is 0 Å². The summed E-state index contributed by atoms with van der Waals surface area (Å²) >= 11 is 0. The van der Waals surface area contributed by atoms with Crippen molar-refractivity contribution in [2.45, 2.75) is 19.1 Å². The van der Waals surface area contributed by atoms with Crippen molar-refractivity contribution >= 4 is 0 Å². The Morgan fingerprint density at radius 2 is 2.00 bits per heavy atom. The fourth-order valence-corrected chi connectivity index (χ4v) is 1.22. The van der Waals surface area contributed by atoms with Gasteiger partial charge in [-0.2, -0.15) is 5.26 Å². The van der Waals surface area contributed by atoms with Crippen LogP contribution in [0.3, 0.4) is 0 Å². The van der Waals surface area contributed by atoms with Crippen LogP contribution in [-0.4, -0.2) is 6.10 Å². The van der Waals surface area contributed by atoms with Crippen LogP contribution in [0.15, 0.2) is 24.3 Å². The summed E-state index contributed by atoms with van der Waals surface area (Å²) in [5, 5.41) is 8.52. The largest absolute Gasteiger partial charge is 0.348 e. The van der Waals surface area contributed by atoms with Gasteiger partial charge in [0.05, 0.1) is 6.07 Å². The minimum Gasteiger partial charge on any atom is -0.348 e. The van der Waals surface area contributed by atoms with E-state index in [1.54, 1.807) is 0 Å². The molecule has 1 aliphatic rings. The van der Waals surface area contributed by atoms with Crippen LogP contribution in [0, 0.1) is 18.3 Å². The lowest BCUT2D eigenvalue weighted by molar-refractivity contribution is 0.396. The van der Waals surface area contributed by atoms with E-state index in [4.69, 9.17) is 10.00 Å². The molecule has 0 spiro atoms. The van der Waals surface area contributed by atoms with Gasteiger partial charge in [-0.3, -0.25) is 0 Å². The van der Waals surface area contributed by atoms with Crippen molar-refractivity contribution < 1.29 is 4.74 Å².